The number of amides is 1. The molecule has 2 aromatic carbocycles. The van der Waals surface area contributed by atoms with Crippen LogP contribution in [0.4, 0.5) is 5.69 Å². The molecule has 0 saturated heterocycles. The molecule has 3 aromatic rings. The number of carbonyl (C=O) groups excluding carboxylic acids is 1. The Morgan fingerprint density at radius 1 is 1.14 bits per heavy atom. The molecule has 4 heteroatoms. The molecule has 4 nitrogen and oxygen atoms in total. The Morgan fingerprint density at radius 2 is 1.95 bits per heavy atom. The van der Waals surface area contributed by atoms with Crippen molar-refractivity contribution >= 4 is 22.6 Å². The number of fused-ring (bicyclic) bond motifs is 1. The number of ether oxygens (including phenoxy) is 1. The van der Waals surface area contributed by atoms with Crippen LogP contribution in [-0.4, -0.2) is 13.0 Å². The van der Waals surface area contributed by atoms with Crippen molar-refractivity contribution in [2.75, 3.05) is 12.4 Å². The molecular weight excluding hydrogens is 278 g/mol. The molecule has 0 fully saturated rings. The van der Waals surface area contributed by atoms with Crippen molar-refractivity contribution in [1.29, 1.82) is 0 Å². The Hall–Kier alpha value is -2.75. The van der Waals surface area contributed by atoms with E-state index in [1.54, 1.807) is 19.2 Å². The molecular formula is C18H17NO3. The Morgan fingerprint density at radius 3 is 2.73 bits per heavy atom. The van der Waals surface area contributed by atoms with Gasteiger partial charge in [0, 0.05) is 11.1 Å². The van der Waals surface area contributed by atoms with E-state index in [9.17, 15) is 4.79 Å². The van der Waals surface area contributed by atoms with Crippen LogP contribution in [0.5, 0.6) is 5.75 Å². The van der Waals surface area contributed by atoms with Gasteiger partial charge in [-0.15, -0.1) is 0 Å². The summed E-state index contributed by atoms with van der Waals surface area (Å²) in [7, 11) is 1.58. The lowest BCUT2D eigenvalue weighted by Gasteiger charge is -2.07. The van der Waals surface area contributed by atoms with Gasteiger partial charge in [-0.2, -0.15) is 0 Å². The molecule has 0 bridgehead atoms. The third-order valence-corrected chi connectivity index (χ3v) is 3.59. The summed E-state index contributed by atoms with van der Waals surface area (Å²) in [6.45, 7) is 3.94. The highest BCUT2D eigenvalue weighted by molar-refractivity contribution is 6.05. The van der Waals surface area contributed by atoms with E-state index in [0.29, 0.717) is 11.3 Å². The second kappa shape index (κ2) is 5.56. The minimum absolute atomic E-state index is 0.264. The van der Waals surface area contributed by atoms with E-state index in [1.165, 1.54) is 0 Å². The van der Waals surface area contributed by atoms with E-state index in [-0.39, 0.29) is 11.7 Å². The van der Waals surface area contributed by atoms with E-state index >= 15 is 0 Å². The average molecular weight is 295 g/mol. The molecule has 0 unspecified atom stereocenters. The van der Waals surface area contributed by atoms with Gasteiger partial charge in [0.1, 0.15) is 0 Å². The van der Waals surface area contributed by atoms with Gasteiger partial charge in [0.05, 0.1) is 7.11 Å². The minimum atomic E-state index is -0.271. The van der Waals surface area contributed by atoms with Gasteiger partial charge in [-0.05, 0) is 43.2 Å². The van der Waals surface area contributed by atoms with Crippen LogP contribution in [0, 0.1) is 13.8 Å². The molecule has 3 rings (SSSR count). The second-order valence-electron chi connectivity index (χ2n) is 5.26. The highest BCUT2D eigenvalue weighted by atomic mass is 16.5. The fraction of sp³-hybridized carbons (Fsp3) is 0.167. The van der Waals surface area contributed by atoms with Crippen LogP contribution in [0.15, 0.2) is 46.9 Å². The Kier molecular flexibility index (Phi) is 3.59. The van der Waals surface area contributed by atoms with Gasteiger partial charge < -0.3 is 14.5 Å². The average Bonchev–Trinajstić information content (AvgIpc) is 2.95. The zero-order valence-corrected chi connectivity index (χ0v) is 12.8. The maximum absolute atomic E-state index is 12.4. The number of para-hydroxylation sites is 1. The van der Waals surface area contributed by atoms with Crippen LogP contribution in [0.25, 0.3) is 11.0 Å². The third-order valence-electron chi connectivity index (χ3n) is 3.59. The zero-order valence-electron chi connectivity index (χ0n) is 12.8. The lowest BCUT2D eigenvalue weighted by Crippen LogP contribution is -2.11. The fourth-order valence-electron chi connectivity index (χ4n) is 2.36. The molecule has 0 spiro atoms. The summed E-state index contributed by atoms with van der Waals surface area (Å²) in [6.07, 6.45) is 0. The monoisotopic (exact) mass is 295 g/mol. The molecule has 0 radical (unpaired) electrons. The largest absolute Gasteiger partial charge is 0.493 e. The minimum Gasteiger partial charge on any atom is -0.493 e. The lowest BCUT2D eigenvalue weighted by molar-refractivity contribution is 0.0998. The van der Waals surface area contributed by atoms with Crippen molar-refractivity contribution in [3.05, 3.63) is 59.4 Å². The number of benzene rings is 2. The zero-order chi connectivity index (χ0) is 15.7. The molecule has 0 atom stereocenters. The van der Waals surface area contributed by atoms with Crippen molar-refractivity contribution in [3.8, 4) is 5.75 Å². The molecule has 1 aromatic heterocycles. The smallest absolute Gasteiger partial charge is 0.291 e. The number of methoxy groups -OCH3 is 1. The summed E-state index contributed by atoms with van der Waals surface area (Å²) in [5.74, 6) is 0.607. The molecule has 22 heavy (non-hydrogen) atoms. The number of hydrogen-bond acceptors (Lipinski definition) is 3. The third kappa shape index (κ3) is 2.55. The van der Waals surface area contributed by atoms with Crippen molar-refractivity contribution in [2.45, 2.75) is 13.8 Å². The van der Waals surface area contributed by atoms with Gasteiger partial charge in [-0.3, -0.25) is 4.79 Å². The number of anilines is 1. The highest BCUT2D eigenvalue weighted by Gasteiger charge is 2.15. The number of furan rings is 1. The number of nitrogens with one attached hydrogen (secondary N) is 1. The molecule has 0 aliphatic heterocycles. The Labute approximate surface area is 128 Å². The van der Waals surface area contributed by atoms with Gasteiger partial charge >= 0.3 is 0 Å². The SMILES string of the molecule is COc1cccc2cc(C(=O)Nc3cc(C)ccc3C)oc12. The van der Waals surface area contributed by atoms with E-state index in [0.717, 1.165) is 22.2 Å². The van der Waals surface area contributed by atoms with Gasteiger partial charge in [0.25, 0.3) is 5.91 Å². The number of carbonyl (C=O) groups is 1. The molecule has 1 amide bonds. The van der Waals surface area contributed by atoms with Crippen molar-refractivity contribution in [2.24, 2.45) is 0 Å². The molecule has 112 valence electrons. The number of aryl methyl sites for hydroxylation is 2. The number of hydrogen-bond donors (Lipinski definition) is 1. The summed E-state index contributed by atoms with van der Waals surface area (Å²) in [6, 6.07) is 13.2. The second-order valence-corrected chi connectivity index (χ2v) is 5.26. The molecule has 0 aliphatic rings. The van der Waals surface area contributed by atoms with Gasteiger partial charge in [0.2, 0.25) is 0 Å². The molecule has 0 saturated carbocycles. The predicted octanol–water partition coefficient (Wildman–Crippen LogP) is 4.31. The molecule has 1 N–H and O–H groups in total. The van der Waals surface area contributed by atoms with Crippen molar-refractivity contribution in [1.82, 2.24) is 0 Å². The van der Waals surface area contributed by atoms with Crippen LogP contribution in [0.2, 0.25) is 0 Å². The summed E-state index contributed by atoms with van der Waals surface area (Å²) in [5.41, 5.74) is 3.47. The maximum atomic E-state index is 12.4. The van der Waals surface area contributed by atoms with E-state index in [4.69, 9.17) is 9.15 Å². The van der Waals surface area contributed by atoms with Crippen molar-refractivity contribution < 1.29 is 13.9 Å². The molecule has 1 heterocycles. The predicted molar refractivity (Wildman–Crippen MR) is 86.6 cm³/mol. The van der Waals surface area contributed by atoms with Crippen LogP contribution < -0.4 is 10.1 Å². The van der Waals surface area contributed by atoms with Gasteiger partial charge in [0.15, 0.2) is 17.1 Å². The maximum Gasteiger partial charge on any atom is 0.291 e. The Balaban J connectivity index is 1.94. The normalized spacial score (nSPS) is 10.7. The summed E-state index contributed by atoms with van der Waals surface area (Å²) < 4.78 is 10.9. The van der Waals surface area contributed by atoms with Gasteiger partial charge in [-0.25, -0.2) is 0 Å². The topological polar surface area (TPSA) is 51.5 Å². The van der Waals surface area contributed by atoms with Crippen LogP contribution in [0.3, 0.4) is 0 Å². The standard InChI is InChI=1S/C18H17NO3/c1-11-7-8-12(2)14(9-11)19-18(20)16-10-13-5-4-6-15(21-3)17(13)22-16/h4-10H,1-3H3,(H,19,20). The van der Waals surface area contributed by atoms with Crippen LogP contribution >= 0.6 is 0 Å². The first kappa shape index (κ1) is 14.2. The number of rotatable bonds is 3. The summed E-state index contributed by atoms with van der Waals surface area (Å²) in [4.78, 5) is 12.4. The highest BCUT2D eigenvalue weighted by Crippen LogP contribution is 2.29. The fourth-order valence-corrected chi connectivity index (χ4v) is 2.36. The van der Waals surface area contributed by atoms with E-state index < -0.39 is 0 Å². The van der Waals surface area contributed by atoms with E-state index in [1.807, 2.05) is 44.2 Å². The van der Waals surface area contributed by atoms with Crippen LogP contribution in [-0.2, 0) is 0 Å². The first-order valence-corrected chi connectivity index (χ1v) is 7.03. The van der Waals surface area contributed by atoms with Gasteiger partial charge in [-0.1, -0.05) is 24.3 Å². The lowest BCUT2D eigenvalue weighted by atomic mass is 10.1. The first-order chi connectivity index (χ1) is 10.6. The van der Waals surface area contributed by atoms with E-state index in [2.05, 4.69) is 5.32 Å². The summed E-state index contributed by atoms with van der Waals surface area (Å²) >= 11 is 0. The molecule has 0 aliphatic carbocycles. The quantitative estimate of drug-likeness (QED) is 0.783. The Bertz CT molecular complexity index is 849. The first-order valence-electron chi connectivity index (χ1n) is 7.03. The summed E-state index contributed by atoms with van der Waals surface area (Å²) in [5, 5.41) is 3.73. The van der Waals surface area contributed by atoms with Crippen LogP contribution in [0.1, 0.15) is 21.7 Å². The van der Waals surface area contributed by atoms with Crippen molar-refractivity contribution in [3.63, 3.8) is 0 Å².